The molecule has 1 aromatic carbocycles. The van der Waals surface area contributed by atoms with Crippen molar-refractivity contribution in [2.24, 2.45) is 5.73 Å². The zero-order valence-electron chi connectivity index (χ0n) is 10.2. The first-order valence-electron chi connectivity index (χ1n) is 5.59. The zero-order valence-corrected chi connectivity index (χ0v) is 10.2. The van der Waals surface area contributed by atoms with Gasteiger partial charge >= 0.3 is 5.97 Å². The van der Waals surface area contributed by atoms with Crippen LogP contribution in [0, 0.1) is 0 Å². The van der Waals surface area contributed by atoms with E-state index in [0.717, 1.165) is 0 Å². The highest BCUT2D eigenvalue weighted by Gasteiger charge is 2.11. The first-order valence-corrected chi connectivity index (χ1v) is 5.59. The van der Waals surface area contributed by atoms with E-state index >= 15 is 0 Å². The molecule has 0 aliphatic carbocycles. The van der Waals surface area contributed by atoms with E-state index in [-0.39, 0.29) is 13.1 Å². The minimum absolute atomic E-state index is 0.217. The van der Waals surface area contributed by atoms with Crippen molar-refractivity contribution in [1.82, 2.24) is 10.6 Å². The lowest BCUT2D eigenvalue weighted by molar-refractivity contribution is -0.137. The molecule has 0 saturated heterocycles. The molecule has 0 radical (unpaired) electrons. The van der Waals surface area contributed by atoms with E-state index in [4.69, 9.17) is 10.8 Å². The topological polar surface area (TPSA) is 122 Å². The molecular weight excluding hydrogens is 250 g/mol. The number of nitrogens with two attached hydrogens (primary N) is 1. The first kappa shape index (κ1) is 14.7. The smallest absolute Gasteiger partial charge is 0.322 e. The summed E-state index contributed by atoms with van der Waals surface area (Å²) in [7, 11) is 0. The number of carbonyl (C=O) groups excluding carboxylic acids is 2. The van der Waals surface area contributed by atoms with Gasteiger partial charge in [-0.1, -0.05) is 18.2 Å². The van der Waals surface area contributed by atoms with Gasteiger partial charge < -0.3 is 21.5 Å². The summed E-state index contributed by atoms with van der Waals surface area (Å²) in [4.78, 5) is 33.3. The highest BCUT2D eigenvalue weighted by Crippen LogP contribution is 2.07. The van der Waals surface area contributed by atoms with E-state index in [2.05, 4.69) is 10.6 Å². The molecule has 1 aromatic rings. The highest BCUT2D eigenvalue weighted by molar-refractivity contribution is 5.97. The Morgan fingerprint density at radius 2 is 1.79 bits per heavy atom. The number of nitrogens with one attached hydrogen (secondary N) is 2. The molecule has 0 aliphatic heterocycles. The number of rotatable bonds is 6. The number of carbonyl (C=O) groups is 3. The van der Waals surface area contributed by atoms with Crippen LogP contribution in [0.15, 0.2) is 24.3 Å². The molecule has 0 aliphatic rings. The number of hydrogen-bond acceptors (Lipinski definition) is 4. The van der Waals surface area contributed by atoms with E-state index in [0.29, 0.717) is 11.1 Å². The average Bonchev–Trinajstić information content (AvgIpc) is 2.42. The van der Waals surface area contributed by atoms with Crippen LogP contribution in [0.2, 0.25) is 0 Å². The monoisotopic (exact) mass is 265 g/mol. The summed E-state index contributed by atoms with van der Waals surface area (Å²) in [5.74, 6) is -2.14. The normalized spacial score (nSPS) is 9.74. The molecule has 19 heavy (non-hydrogen) atoms. The van der Waals surface area contributed by atoms with E-state index in [1.165, 1.54) is 0 Å². The summed E-state index contributed by atoms with van der Waals surface area (Å²) in [6, 6.07) is 6.78. The second-order valence-electron chi connectivity index (χ2n) is 3.71. The molecule has 0 spiro atoms. The standard InChI is InChI=1S/C12H15N3O4/c13-5-8-3-1-2-4-9(8)12(19)15-6-10(16)14-7-11(17)18/h1-4H,5-7,13H2,(H,14,16)(H,15,19)(H,17,18). The molecule has 102 valence electrons. The lowest BCUT2D eigenvalue weighted by Gasteiger charge is -2.08. The fourth-order valence-corrected chi connectivity index (χ4v) is 1.41. The number of hydrogen-bond donors (Lipinski definition) is 4. The molecule has 7 heteroatoms. The van der Waals surface area contributed by atoms with Gasteiger partial charge in [0.2, 0.25) is 5.91 Å². The summed E-state index contributed by atoms with van der Waals surface area (Å²) in [5, 5.41) is 12.9. The maximum atomic E-state index is 11.8. The van der Waals surface area contributed by atoms with E-state index in [1.807, 2.05) is 0 Å². The Balaban J connectivity index is 2.51. The van der Waals surface area contributed by atoms with E-state index in [9.17, 15) is 14.4 Å². The van der Waals surface area contributed by atoms with Crippen molar-refractivity contribution in [2.45, 2.75) is 6.54 Å². The van der Waals surface area contributed by atoms with Gasteiger partial charge in [0.25, 0.3) is 5.91 Å². The summed E-state index contributed by atoms with van der Waals surface area (Å²) < 4.78 is 0. The van der Waals surface area contributed by atoms with Crippen molar-refractivity contribution < 1.29 is 19.5 Å². The van der Waals surface area contributed by atoms with Crippen LogP contribution < -0.4 is 16.4 Å². The second kappa shape index (κ2) is 7.12. The Bertz CT molecular complexity index is 488. The summed E-state index contributed by atoms with van der Waals surface area (Å²) in [6.45, 7) is -0.548. The Hall–Kier alpha value is -2.41. The molecule has 0 unspecified atom stereocenters. The third kappa shape index (κ3) is 4.76. The van der Waals surface area contributed by atoms with Gasteiger partial charge in [-0.15, -0.1) is 0 Å². The van der Waals surface area contributed by atoms with Crippen LogP contribution in [-0.2, 0) is 16.1 Å². The van der Waals surface area contributed by atoms with Crippen LogP contribution in [0.5, 0.6) is 0 Å². The van der Waals surface area contributed by atoms with Crippen molar-refractivity contribution in [3.63, 3.8) is 0 Å². The molecular formula is C12H15N3O4. The van der Waals surface area contributed by atoms with Crippen molar-refractivity contribution >= 4 is 17.8 Å². The fraction of sp³-hybridized carbons (Fsp3) is 0.250. The van der Waals surface area contributed by atoms with Gasteiger partial charge in [-0.25, -0.2) is 0 Å². The predicted molar refractivity (Wildman–Crippen MR) is 67.3 cm³/mol. The molecule has 1 rings (SSSR count). The van der Waals surface area contributed by atoms with Crippen molar-refractivity contribution in [1.29, 1.82) is 0 Å². The van der Waals surface area contributed by atoms with Gasteiger partial charge in [0.15, 0.2) is 0 Å². The van der Waals surface area contributed by atoms with Crippen molar-refractivity contribution in [3.8, 4) is 0 Å². The van der Waals surface area contributed by atoms with Crippen LogP contribution in [-0.4, -0.2) is 36.0 Å². The van der Waals surface area contributed by atoms with Gasteiger partial charge in [0.1, 0.15) is 6.54 Å². The minimum Gasteiger partial charge on any atom is -0.480 e. The van der Waals surface area contributed by atoms with Crippen LogP contribution in [0.1, 0.15) is 15.9 Å². The van der Waals surface area contributed by atoms with Gasteiger partial charge in [-0.2, -0.15) is 0 Å². The van der Waals surface area contributed by atoms with Crippen LogP contribution in [0.4, 0.5) is 0 Å². The molecule has 7 nitrogen and oxygen atoms in total. The average molecular weight is 265 g/mol. The number of carboxylic acids is 1. The molecule has 0 aromatic heterocycles. The lowest BCUT2D eigenvalue weighted by Crippen LogP contribution is -2.39. The van der Waals surface area contributed by atoms with Crippen LogP contribution >= 0.6 is 0 Å². The molecule has 0 atom stereocenters. The van der Waals surface area contributed by atoms with Gasteiger partial charge in [-0.3, -0.25) is 14.4 Å². The van der Waals surface area contributed by atoms with Crippen molar-refractivity contribution in [2.75, 3.05) is 13.1 Å². The fourth-order valence-electron chi connectivity index (χ4n) is 1.41. The highest BCUT2D eigenvalue weighted by atomic mass is 16.4. The number of aliphatic carboxylic acids is 1. The van der Waals surface area contributed by atoms with Crippen LogP contribution in [0.3, 0.4) is 0 Å². The SMILES string of the molecule is NCc1ccccc1C(=O)NCC(=O)NCC(=O)O. The van der Waals surface area contributed by atoms with Gasteiger partial charge in [0.05, 0.1) is 6.54 Å². The lowest BCUT2D eigenvalue weighted by atomic mass is 10.1. The quantitative estimate of drug-likeness (QED) is 0.529. The Morgan fingerprint density at radius 1 is 1.11 bits per heavy atom. The minimum atomic E-state index is -1.15. The maximum absolute atomic E-state index is 11.8. The van der Waals surface area contributed by atoms with E-state index < -0.39 is 24.3 Å². The molecule has 0 saturated carbocycles. The maximum Gasteiger partial charge on any atom is 0.322 e. The summed E-state index contributed by atoms with van der Waals surface area (Å²) >= 11 is 0. The van der Waals surface area contributed by atoms with Crippen molar-refractivity contribution in [3.05, 3.63) is 35.4 Å². The molecule has 5 N–H and O–H groups in total. The molecule has 0 bridgehead atoms. The number of amides is 2. The van der Waals surface area contributed by atoms with E-state index in [1.54, 1.807) is 24.3 Å². The third-order valence-corrected chi connectivity index (χ3v) is 2.33. The largest absolute Gasteiger partial charge is 0.480 e. The third-order valence-electron chi connectivity index (χ3n) is 2.33. The van der Waals surface area contributed by atoms with Crippen LogP contribution in [0.25, 0.3) is 0 Å². The van der Waals surface area contributed by atoms with Gasteiger partial charge in [-0.05, 0) is 11.6 Å². The Morgan fingerprint density at radius 3 is 2.42 bits per heavy atom. The number of carboxylic acid groups (broad SMARTS) is 1. The molecule has 2 amide bonds. The second-order valence-corrected chi connectivity index (χ2v) is 3.71. The Labute approximate surface area is 109 Å². The van der Waals surface area contributed by atoms with Gasteiger partial charge in [0, 0.05) is 12.1 Å². The molecule has 0 fully saturated rings. The molecule has 0 heterocycles. The Kier molecular flexibility index (Phi) is 5.49. The zero-order chi connectivity index (χ0) is 14.3. The summed E-state index contributed by atoms with van der Waals surface area (Å²) in [6.07, 6.45) is 0. The first-order chi connectivity index (χ1) is 9.04. The number of benzene rings is 1. The predicted octanol–water partition coefficient (Wildman–Crippen LogP) is -0.924. The summed E-state index contributed by atoms with van der Waals surface area (Å²) in [5.41, 5.74) is 6.57.